The van der Waals surface area contributed by atoms with E-state index >= 15 is 0 Å². The van der Waals surface area contributed by atoms with Crippen LogP contribution in [0.25, 0.3) is 0 Å². The van der Waals surface area contributed by atoms with Gasteiger partial charge in [-0.05, 0) is 24.6 Å². The maximum absolute atomic E-state index is 12.5. The molecule has 0 bridgehead atoms. The van der Waals surface area contributed by atoms with Gasteiger partial charge in [0.05, 0.1) is 19.8 Å². The van der Waals surface area contributed by atoms with E-state index in [1.807, 2.05) is 13.0 Å². The second kappa shape index (κ2) is 10.0. The van der Waals surface area contributed by atoms with E-state index < -0.39 is 0 Å². The van der Waals surface area contributed by atoms with Gasteiger partial charge in [0.2, 0.25) is 5.91 Å². The molecule has 2 aromatic carbocycles. The third kappa shape index (κ3) is 5.90. The van der Waals surface area contributed by atoms with Gasteiger partial charge in [-0.2, -0.15) is 0 Å². The molecule has 3 N–H and O–H groups in total. The van der Waals surface area contributed by atoms with Crippen LogP contribution in [0.2, 0.25) is 0 Å². The van der Waals surface area contributed by atoms with Crippen molar-refractivity contribution in [2.45, 2.75) is 13.0 Å². The van der Waals surface area contributed by atoms with Crippen LogP contribution in [0.3, 0.4) is 0 Å². The molecule has 28 heavy (non-hydrogen) atoms. The van der Waals surface area contributed by atoms with E-state index in [4.69, 9.17) is 4.74 Å². The van der Waals surface area contributed by atoms with Crippen LogP contribution >= 0.6 is 0 Å². The van der Waals surface area contributed by atoms with Gasteiger partial charge in [-0.25, -0.2) is 0 Å². The summed E-state index contributed by atoms with van der Waals surface area (Å²) in [4.78, 5) is 26.1. The van der Waals surface area contributed by atoms with Gasteiger partial charge in [-0.15, -0.1) is 0 Å². The molecule has 3 rings (SSSR count). The molecule has 0 radical (unpaired) electrons. The summed E-state index contributed by atoms with van der Waals surface area (Å²) in [5.41, 5.74) is 2.80. The third-order valence-electron chi connectivity index (χ3n) is 4.95. The first-order valence-electron chi connectivity index (χ1n) is 9.72. The molecule has 148 valence electrons. The zero-order valence-corrected chi connectivity index (χ0v) is 16.2. The number of aryl methyl sites for hydroxylation is 1. The highest BCUT2D eigenvalue weighted by atomic mass is 16.5. The van der Waals surface area contributed by atoms with Crippen LogP contribution in [0.4, 0.5) is 0 Å². The molecule has 1 heterocycles. The average molecular weight is 382 g/mol. The number of rotatable bonds is 7. The predicted octanol–water partition coefficient (Wildman–Crippen LogP) is 0.497. The number of quaternary nitrogens is 1. The lowest BCUT2D eigenvalue weighted by atomic mass is 10.0. The lowest BCUT2D eigenvalue weighted by Crippen LogP contribution is -3.14. The van der Waals surface area contributed by atoms with Crippen molar-refractivity contribution in [3.05, 3.63) is 71.3 Å². The predicted molar refractivity (Wildman–Crippen MR) is 107 cm³/mol. The largest absolute Gasteiger partial charge is 0.370 e. The van der Waals surface area contributed by atoms with Crippen molar-refractivity contribution in [3.63, 3.8) is 0 Å². The molecule has 1 atom stereocenters. The fraction of sp³-hybridized carbons (Fsp3) is 0.364. The molecule has 0 saturated carbocycles. The Kier molecular flexibility index (Phi) is 7.17. The third-order valence-corrected chi connectivity index (χ3v) is 4.95. The smallest absolute Gasteiger partial charge is 0.251 e. The second-order valence-corrected chi connectivity index (χ2v) is 7.15. The minimum Gasteiger partial charge on any atom is -0.370 e. The molecule has 0 aliphatic carbocycles. The molecular weight excluding hydrogens is 354 g/mol. The molecule has 6 heteroatoms. The number of hydrogen-bond donors (Lipinski definition) is 3. The van der Waals surface area contributed by atoms with Gasteiger partial charge >= 0.3 is 0 Å². The summed E-state index contributed by atoms with van der Waals surface area (Å²) in [5.74, 6) is -0.441. The van der Waals surface area contributed by atoms with E-state index in [9.17, 15) is 9.59 Å². The van der Waals surface area contributed by atoms with Gasteiger partial charge in [-0.1, -0.05) is 48.0 Å². The van der Waals surface area contributed by atoms with Gasteiger partial charge < -0.3 is 20.3 Å². The maximum Gasteiger partial charge on any atom is 0.251 e. The van der Waals surface area contributed by atoms with Gasteiger partial charge in [0.25, 0.3) is 5.91 Å². The highest BCUT2D eigenvalue weighted by Crippen LogP contribution is 2.12. The molecule has 0 unspecified atom stereocenters. The number of amides is 2. The van der Waals surface area contributed by atoms with Crippen LogP contribution < -0.4 is 15.5 Å². The van der Waals surface area contributed by atoms with Crippen LogP contribution in [-0.4, -0.2) is 51.2 Å². The molecule has 6 nitrogen and oxygen atoms in total. The molecule has 0 aromatic heterocycles. The van der Waals surface area contributed by atoms with Crippen molar-refractivity contribution < 1.29 is 19.2 Å². The molecule has 1 fully saturated rings. The Labute approximate surface area is 165 Å². The van der Waals surface area contributed by atoms with Crippen molar-refractivity contribution in [2.24, 2.45) is 0 Å². The van der Waals surface area contributed by atoms with E-state index in [1.165, 1.54) is 10.5 Å². The highest BCUT2D eigenvalue weighted by molar-refractivity contribution is 5.96. The highest BCUT2D eigenvalue weighted by Gasteiger charge is 2.23. The average Bonchev–Trinajstić information content (AvgIpc) is 2.73. The lowest BCUT2D eigenvalue weighted by molar-refractivity contribution is -0.909. The van der Waals surface area contributed by atoms with E-state index in [1.54, 1.807) is 24.3 Å². The summed E-state index contributed by atoms with van der Waals surface area (Å²) in [6.45, 7) is 6.16. The molecular formula is C22H28N3O3+. The topological polar surface area (TPSA) is 71.9 Å². The summed E-state index contributed by atoms with van der Waals surface area (Å²) in [6.07, 6.45) is 0. The maximum atomic E-state index is 12.5. The zero-order valence-electron chi connectivity index (χ0n) is 16.2. The first-order chi connectivity index (χ1) is 13.6. The van der Waals surface area contributed by atoms with E-state index in [2.05, 4.69) is 34.9 Å². The van der Waals surface area contributed by atoms with E-state index in [0.29, 0.717) is 5.56 Å². The van der Waals surface area contributed by atoms with Crippen molar-refractivity contribution in [1.82, 2.24) is 10.6 Å². The fourth-order valence-electron chi connectivity index (χ4n) is 3.30. The Morgan fingerprint density at radius 2 is 1.71 bits per heavy atom. The van der Waals surface area contributed by atoms with Crippen molar-refractivity contribution in [3.8, 4) is 0 Å². The van der Waals surface area contributed by atoms with Crippen LogP contribution in [0.5, 0.6) is 0 Å². The summed E-state index contributed by atoms with van der Waals surface area (Å²) < 4.78 is 5.44. The Morgan fingerprint density at radius 3 is 2.39 bits per heavy atom. The quantitative estimate of drug-likeness (QED) is 0.653. The number of carbonyl (C=O) groups excluding carboxylic acids is 2. The van der Waals surface area contributed by atoms with Gasteiger partial charge in [0, 0.05) is 5.56 Å². The molecule has 2 amide bonds. The Hall–Kier alpha value is -2.70. The second-order valence-electron chi connectivity index (χ2n) is 7.15. The SMILES string of the molecule is Cc1ccc([C@H](C[NH+]2CCOCC2)NC(=O)CNC(=O)c2ccccc2)cc1. The fourth-order valence-corrected chi connectivity index (χ4v) is 3.30. The van der Waals surface area contributed by atoms with Crippen LogP contribution in [-0.2, 0) is 9.53 Å². The van der Waals surface area contributed by atoms with Crippen LogP contribution in [0, 0.1) is 6.92 Å². The monoisotopic (exact) mass is 382 g/mol. The first-order valence-corrected chi connectivity index (χ1v) is 9.72. The number of hydrogen-bond acceptors (Lipinski definition) is 3. The van der Waals surface area contributed by atoms with Crippen LogP contribution in [0.15, 0.2) is 54.6 Å². The Bertz CT molecular complexity index is 771. The standard InChI is InChI=1S/C22H27N3O3/c1-17-7-9-18(10-8-17)20(16-25-11-13-28-14-12-25)24-21(26)15-23-22(27)19-5-3-2-4-6-19/h2-10,20H,11-16H2,1H3,(H,23,27)(H,24,26)/p+1/t20-/m0/s1. The van der Waals surface area contributed by atoms with Crippen molar-refractivity contribution in [2.75, 3.05) is 39.4 Å². The lowest BCUT2D eigenvalue weighted by Gasteiger charge is -2.28. The van der Waals surface area contributed by atoms with E-state index in [-0.39, 0.29) is 24.4 Å². The summed E-state index contributed by atoms with van der Waals surface area (Å²) in [7, 11) is 0. The number of nitrogens with one attached hydrogen (secondary N) is 3. The summed E-state index contributed by atoms with van der Waals surface area (Å²) in [6, 6.07) is 17.0. The normalized spacial score (nSPS) is 15.6. The minimum atomic E-state index is -0.249. The molecule has 1 saturated heterocycles. The zero-order chi connectivity index (χ0) is 19.8. The molecule has 1 aliphatic rings. The Morgan fingerprint density at radius 1 is 1.04 bits per heavy atom. The molecule has 2 aromatic rings. The Balaban J connectivity index is 1.60. The number of morpholine rings is 1. The number of ether oxygens (including phenoxy) is 1. The number of benzene rings is 2. The van der Waals surface area contributed by atoms with Crippen LogP contribution in [0.1, 0.15) is 27.5 Å². The molecule has 0 spiro atoms. The number of carbonyl (C=O) groups is 2. The van der Waals surface area contributed by atoms with Gasteiger partial charge in [-0.3, -0.25) is 9.59 Å². The summed E-state index contributed by atoms with van der Waals surface area (Å²) >= 11 is 0. The molecule has 1 aliphatic heterocycles. The van der Waals surface area contributed by atoms with Gasteiger partial charge in [0.1, 0.15) is 25.7 Å². The van der Waals surface area contributed by atoms with Gasteiger partial charge in [0.15, 0.2) is 0 Å². The van der Waals surface area contributed by atoms with Crippen molar-refractivity contribution >= 4 is 11.8 Å². The summed E-state index contributed by atoms with van der Waals surface area (Å²) in [5, 5.41) is 5.78. The minimum absolute atomic E-state index is 0.0471. The van der Waals surface area contributed by atoms with E-state index in [0.717, 1.165) is 38.4 Å². The first kappa shape index (κ1) is 20.0. The van der Waals surface area contributed by atoms with Crippen molar-refractivity contribution in [1.29, 1.82) is 0 Å².